The van der Waals surface area contributed by atoms with Crippen molar-refractivity contribution in [2.45, 2.75) is 45.6 Å². The summed E-state index contributed by atoms with van der Waals surface area (Å²) in [5, 5.41) is 2.80. The Morgan fingerprint density at radius 3 is 2.65 bits per heavy atom. The van der Waals surface area contributed by atoms with Crippen molar-refractivity contribution < 1.29 is 17.9 Å². The van der Waals surface area contributed by atoms with E-state index in [9.17, 15) is 13.2 Å². The predicted molar refractivity (Wildman–Crippen MR) is 90.6 cm³/mol. The van der Waals surface area contributed by atoms with Crippen molar-refractivity contribution in [1.29, 1.82) is 0 Å². The first-order chi connectivity index (χ1) is 10.6. The third kappa shape index (κ3) is 4.70. The molecule has 1 aromatic rings. The molecule has 0 saturated carbocycles. The van der Waals surface area contributed by atoms with Gasteiger partial charge < -0.3 is 10.1 Å². The average molecular weight is 339 g/mol. The molecular weight excluding hydrogens is 314 g/mol. The summed E-state index contributed by atoms with van der Waals surface area (Å²) in [5.41, 5.74) is 1.43. The van der Waals surface area contributed by atoms with E-state index in [1.807, 2.05) is 25.1 Å². The monoisotopic (exact) mass is 339 g/mol. The van der Waals surface area contributed by atoms with Gasteiger partial charge in [-0.3, -0.25) is 4.79 Å². The topological polar surface area (TPSA) is 72.5 Å². The van der Waals surface area contributed by atoms with Gasteiger partial charge in [-0.25, -0.2) is 8.42 Å². The Hall–Kier alpha value is -1.56. The number of benzene rings is 1. The molecule has 1 fully saturated rings. The van der Waals surface area contributed by atoms with Crippen LogP contribution < -0.4 is 10.1 Å². The van der Waals surface area contributed by atoms with Crippen LogP contribution in [0.25, 0.3) is 0 Å². The summed E-state index contributed by atoms with van der Waals surface area (Å²) in [5.74, 6) is 0.833. The van der Waals surface area contributed by atoms with Gasteiger partial charge in [-0.05, 0) is 43.4 Å². The van der Waals surface area contributed by atoms with Crippen LogP contribution in [-0.4, -0.2) is 38.0 Å². The molecule has 128 valence electrons. The minimum absolute atomic E-state index is 0.00652. The van der Waals surface area contributed by atoms with Crippen molar-refractivity contribution in [3.05, 3.63) is 29.3 Å². The lowest BCUT2D eigenvalue weighted by Gasteiger charge is -2.24. The van der Waals surface area contributed by atoms with E-state index in [4.69, 9.17) is 4.74 Å². The smallest absolute Gasteiger partial charge is 0.258 e. The third-order valence-electron chi connectivity index (χ3n) is 4.09. The molecule has 0 aliphatic carbocycles. The van der Waals surface area contributed by atoms with Crippen molar-refractivity contribution in [3.8, 4) is 5.75 Å². The summed E-state index contributed by atoms with van der Waals surface area (Å²) in [4.78, 5) is 12.1. The average Bonchev–Trinajstić information content (AvgIpc) is 2.69. The molecular formula is C17H25NO4S. The van der Waals surface area contributed by atoms with Gasteiger partial charge in [0.1, 0.15) is 5.75 Å². The highest BCUT2D eigenvalue weighted by molar-refractivity contribution is 7.91. The van der Waals surface area contributed by atoms with E-state index in [0.29, 0.717) is 18.1 Å². The molecule has 5 nitrogen and oxygen atoms in total. The molecule has 1 amide bonds. The summed E-state index contributed by atoms with van der Waals surface area (Å²) < 4.78 is 28.8. The number of carbonyl (C=O) groups is 1. The van der Waals surface area contributed by atoms with Crippen molar-refractivity contribution >= 4 is 15.7 Å². The molecule has 23 heavy (non-hydrogen) atoms. The lowest BCUT2D eigenvalue weighted by atomic mass is 10.0. The SMILES string of the molecule is Cc1ccc(C(C)C)c(OCC(=O)N[C@]2(C)CCS(=O)(=O)C2)c1. The van der Waals surface area contributed by atoms with Crippen LogP contribution in [0, 0.1) is 6.92 Å². The molecule has 0 spiro atoms. The molecule has 1 heterocycles. The lowest BCUT2D eigenvalue weighted by Crippen LogP contribution is -2.48. The first kappa shape index (κ1) is 17.8. The molecule has 1 atom stereocenters. The Morgan fingerprint density at radius 1 is 1.39 bits per heavy atom. The zero-order chi connectivity index (χ0) is 17.3. The third-order valence-corrected chi connectivity index (χ3v) is 6.00. The Bertz CT molecular complexity index is 697. The largest absolute Gasteiger partial charge is 0.483 e. The lowest BCUT2D eigenvalue weighted by molar-refractivity contribution is -0.124. The van der Waals surface area contributed by atoms with E-state index in [2.05, 4.69) is 19.2 Å². The molecule has 2 rings (SSSR count). The molecule has 0 unspecified atom stereocenters. The second-order valence-electron chi connectivity index (χ2n) is 6.94. The van der Waals surface area contributed by atoms with Crippen LogP contribution in [0.5, 0.6) is 5.75 Å². The first-order valence-corrected chi connectivity index (χ1v) is 9.67. The summed E-state index contributed by atoms with van der Waals surface area (Å²) in [6.45, 7) is 7.77. The second-order valence-corrected chi connectivity index (χ2v) is 9.12. The Labute approximate surface area is 138 Å². The fourth-order valence-electron chi connectivity index (χ4n) is 2.87. The van der Waals surface area contributed by atoms with Gasteiger partial charge in [0.25, 0.3) is 5.91 Å². The summed E-state index contributed by atoms with van der Waals surface area (Å²) in [6.07, 6.45) is 0.447. The number of ether oxygens (including phenoxy) is 1. The summed E-state index contributed by atoms with van der Waals surface area (Å²) >= 11 is 0. The number of nitrogens with one attached hydrogen (secondary N) is 1. The number of hydrogen-bond donors (Lipinski definition) is 1. The van der Waals surface area contributed by atoms with E-state index in [1.54, 1.807) is 6.92 Å². The van der Waals surface area contributed by atoms with E-state index in [0.717, 1.165) is 11.1 Å². The zero-order valence-electron chi connectivity index (χ0n) is 14.2. The fourth-order valence-corrected chi connectivity index (χ4v) is 4.96. The van der Waals surface area contributed by atoms with Crippen LogP contribution in [0.2, 0.25) is 0 Å². The molecule has 0 bridgehead atoms. The second kappa shape index (κ2) is 6.51. The van der Waals surface area contributed by atoms with Gasteiger partial charge in [-0.15, -0.1) is 0 Å². The van der Waals surface area contributed by atoms with Gasteiger partial charge in [-0.1, -0.05) is 26.0 Å². The Morgan fingerprint density at radius 2 is 2.09 bits per heavy atom. The molecule has 1 N–H and O–H groups in total. The number of amides is 1. The van der Waals surface area contributed by atoms with Gasteiger partial charge in [0.2, 0.25) is 0 Å². The van der Waals surface area contributed by atoms with Gasteiger partial charge in [0.05, 0.1) is 17.0 Å². The van der Waals surface area contributed by atoms with Crippen molar-refractivity contribution in [2.24, 2.45) is 0 Å². The normalized spacial score (nSPS) is 23.0. The van der Waals surface area contributed by atoms with E-state index >= 15 is 0 Å². The predicted octanol–water partition coefficient (Wildman–Crippen LogP) is 2.19. The molecule has 1 aliphatic rings. The van der Waals surface area contributed by atoms with E-state index in [-0.39, 0.29) is 24.0 Å². The summed E-state index contributed by atoms with van der Waals surface area (Å²) in [6, 6.07) is 5.95. The standard InChI is InChI=1S/C17H25NO4S/c1-12(2)14-6-5-13(3)9-15(14)22-10-16(19)18-17(4)7-8-23(20,21)11-17/h5-6,9,12H,7-8,10-11H2,1-4H3,(H,18,19)/t17-/m1/s1. The van der Waals surface area contributed by atoms with Gasteiger partial charge in [0, 0.05) is 0 Å². The van der Waals surface area contributed by atoms with Crippen molar-refractivity contribution in [3.63, 3.8) is 0 Å². The number of hydrogen-bond acceptors (Lipinski definition) is 4. The highest BCUT2D eigenvalue weighted by Crippen LogP contribution is 2.27. The number of rotatable bonds is 5. The Balaban J connectivity index is 1.99. The Kier molecular flexibility index (Phi) is 5.04. The van der Waals surface area contributed by atoms with Crippen molar-refractivity contribution in [2.75, 3.05) is 18.1 Å². The van der Waals surface area contributed by atoms with Crippen LogP contribution in [0.3, 0.4) is 0 Å². The van der Waals surface area contributed by atoms with Crippen LogP contribution in [0.15, 0.2) is 18.2 Å². The maximum absolute atomic E-state index is 12.1. The van der Waals surface area contributed by atoms with Gasteiger partial charge >= 0.3 is 0 Å². The van der Waals surface area contributed by atoms with Gasteiger partial charge in [-0.2, -0.15) is 0 Å². The van der Waals surface area contributed by atoms with E-state index < -0.39 is 15.4 Å². The summed E-state index contributed by atoms with van der Waals surface area (Å²) in [7, 11) is -3.05. The van der Waals surface area contributed by atoms with E-state index in [1.165, 1.54) is 0 Å². The minimum atomic E-state index is -3.05. The molecule has 6 heteroatoms. The maximum atomic E-state index is 12.1. The molecule has 0 aromatic heterocycles. The van der Waals surface area contributed by atoms with Crippen molar-refractivity contribution in [1.82, 2.24) is 5.32 Å². The van der Waals surface area contributed by atoms with Crippen LogP contribution >= 0.6 is 0 Å². The molecule has 1 aliphatic heterocycles. The van der Waals surface area contributed by atoms with Crippen LogP contribution in [0.4, 0.5) is 0 Å². The first-order valence-electron chi connectivity index (χ1n) is 7.85. The molecule has 1 aromatic carbocycles. The quantitative estimate of drug-likeness (QED) is 0.892. The fraction of sp³-hybridized carbons (Fsp3) is 0.588. The number of sulfone groups is 1. The molecule has 1 saturated heterocycles. The van der Waals surface area contributed by atoms with Crippen LogP contribution in [-0.2, 0) is 14.6 Å². The maximum Gasteiger partial charge on any atom is 0.258 e. The number of aryl methyl sites for hydroxylation is 1. The highest BCUT2D eigenvalue weighted by atomic mass is 32.2. The molecule has 0 radical (unpaired) electrons. The van der Waals surface area contributed by atoms with Crippen LogP contribution in [0.1, 0.15) is 44.2 Å². The number of carbonyl (C=O) groups excluding carboxylic acids is 1. The van der Waals surface area contributed by atoms with Gasteiger partial charge in [0.15, 0.2) is 16.4 Å². The highest BCUT2D eigenvalue weighted by Gasteiger charge is 2.39. The zero-order valence-corrected chi connectivity index (χ0v) is 15.0. The minimum Gasteiger partial charge on any atom is -0.483 e.